The van der Waals surface area contributed by atoms with Crippen LogP contribution in [0, 0.1) is 6.92 Å². The highest BCUT2D eigenvalue weighted by atomic mass is 79.9. The molecule has 0 spiro atoms. The average Bonchev–Trinajstić information content (AvgIpc) is 2.75. The molecular formula is C15H19BrClN3O. The molecule has 0 bridgehead atoms. The van der Waals surface area contributed by atoms with Crippen LogP contribution in [-0.4, -0.2) is 16.1 Å². The number of aryl methyl sites for hydroxylation is 1. The van der Waals surface area contributed by atoms with E-state index >= 15 is 0 Å². The van der Waals surface area contributed by atoms with E-state index in [9.17, 15) is 0 Å². The lowest BCUT2D eigenvalue weighted by molar-refractivity contribution is 0.286. The van der Waals surface area contributed by atoms with Crippen LogP contribution in [0.15, 0.2) is 22.8 Å². The van der Waals surface area contributed by atoms with E-state index in [4.69, 9.17) is 16.3 Å². The van der Waals surface area contributed by atoms with Crippen molar-refractivity contribution < 1.29 is 4.74 Å². The van der Waals surface area contributed by atoms with Gasteiger partial charge in [0.1, 0.15) is 23.3 Å². The number of imidazole rings is 1. The minimum absolute atomic E-state index is 0.394. The minimum Gasteiger partial charge on any atom is -0.485 e. The second kappa shape index (κ2) is 7.29. The largest absolute Gasteiger partial charge is 0.485 e. The van der Waals surface area contributed by atoms with Crippen LogP contribution in [0.25, 0.3) is 0 Å². The number of nitrogens with one attached hydrogen (secondary N) is 1. The Balaban J connectivity index is 2.20. The first-order valence-corrected chi connectivity index (χ1v) is 7.98. The molecule has 0 atom stereocenters. The van der Waals surface area contributed by atoms with Crippen molar-refractivity contribution in [3.63, 3.8) is 0 Å². The quantitative estimate of drug-likeness (QED) is 0.837. The van der Waals surface area contributed by atoms with Crippen LogP contribution in [0.4, 0.5) is 0 Å². The van der Waals surface area contributed by atoms with Crippen LogP contribution < -0.4 is 10.1 Å². The van der Waals surface area contributed by atoms with Crippen molar-refractivity contribution >= 4 is 27.5 Å². The normalized spacial score (nSPS) is 10.9. The van der Waals surface area contributed by atoms with Crippen LogP contribution in [0.2, 0.25) is 5.15 Å². The SMILES string of the molecule is CCNCc1cc(Br)cc(C)c1OCc1ncc(Cl)n1C. The van der Waals surface area contributed by atoms with Crippen molar-refractivity contribution in [2.45, 2.75) is 27.0 Å². The topological polar surface area (TPSA) is 39.1 Å². The van der Waals surface area contributed by atoms with Crippen molar-refractivity contribution in [1.29, 1.82) is 0 Å². The molecule has 1 aromatic heterocycles. The number of benzene rings is 1. The molecular weight excluding hydrogens is 354 g/mol. The number of nitrogens with zero attached hydrogens (tertiary/aromatic N) is 2. The van der Waals surface area contributed by atoms with Gasteiger partial charge in [0.15, 0.2) is 0 Å². The highest BCUT2D eigenvalue weighted by Crippen LogP contribution is 2.29. The fraction of sp³-hybridized carbons (Fsp3) is 0.400. The van der Waals surface area contributed by atoms with E-state index in [1.54, 1.807) is 6.20 Å². The van der Waals surface area contributed by atoms with Gasteiger partial charge in [0.2, 0.25) is 0 Å². The summed E-state index contributed by atoms with van der Waals surface area (Å²) in [6, 6.07) is 4.13. The fourth-order valence-corrected chi connectivity index (χ4v) is 2.86. The number of aromatic nitrogens is 2. The summed E-state index contributed by atoms with van der Waals surface area (Å²) in [4.78, 5) is 4.25. The zero-order chi connectivity index (χ0) is 15.4. The van der Waals surface area contributed by atoms with E-state index in [0.29, 0.717) is 11.8 Å². The summed E-state index contributed by atoms with van der Waals surface area (Å²) < 4.78 is 8.87. The molecule has 0 aliphatic carbocycles. The van der Waals surface area contributed by atoms with Gasteiger partial charge < -0.3 is 14.6 Å². The van der Waals surface area contributed by atoms with Gasteiger partial charge in [-0.1, -0.05) is 34.5 Å². The lowest BCUT2D eigenvalue weighted by Gasteiger charge is -2.15. The zero-order valence-electron chi connectivity index (χ0n) is 12.4. The lowest BCUT2D eigenvalue weighted by Crippen LogP contribution is -2.14. The van der Waals surface area contributed by atoms with Gasteiger partial charge in [-0.15, -0.1) is 0 Å². The Morgan fingerprint density at radius 2 is 2.19 bits per heavy atom. The molecule has 0 saturated heterocycles. The summed E-state index contributed by atoms with van der Waals surface area (Å²) in [5, 5.41) is 3.94. The summed E-state index contributed by atoms with van der Waals surface area (Å²) in [5.74, 6) is 1.70. The fourth-order valence-electron chi connectivity index (χ4n) is 2.09. The predicted octanol–water partition coefficient (Wildman–Crippen LogP) is 3.83. The third-order valence-electron chi connectivity index (χ3n) is 3.26. The molecule has 0 saturated carbocycles. The Bertz CT molecular complexity index is 628. The first-order chi connectivity index (χ1) is 10.0. The number of rotatable bonds is 6. The van der Waals surface area contributed by atoms with Crippen molar-refractivity contribution in [2.75, 3.05) is 6.54 Å². The van der Waals surface area contributed by atoms with E-state index in [-0.39, 0.29) is 0 Å². The predicted molar refractivity (Wildman–Crippen MR) is 88.8 cm³/mol. The second-order valence-electron chi connectivity index (χ2n) is 4.84. The number of hydrogen-bond acceptors (Lipinski definition) is 3. The zero-order valence-corrected chi connectivity index (χ0v) is 14.8. The van der Waals surface area contributed by atoms with E-state index in [1.807, 2.05) is 18.5 Å². The smallest absolute Gasteiger partial charge is 0.147 e. The molecule has 114 valence electrons. The van der Waals surface area contributed by atoms with Crippen LogP contribution in [-0.2, 0) is 20.2 Å². The summed E-state index contributed by atoms with van der Waals surface area (Å²) in [7, 11) is 1.88. The van der Waals surface area contributed by atoms with E-state index in [2.05, 4.69) is 45.3 Å². The Labute approximate surface area is 138 Å². The maximum Gasteiger partial charge on any atom is 0.147 e. The molecule has 21 heavy (non-hydrogen) atoms. The Kier molecular flexibility index (Phi) is 5.67. The molecule has 1 N–H and O–H groups in total. The van der Waals surface area contributed by atoms with Crippen molar-refractivity contribution in [1.82, 2.24) is 14.9 Å². The molecule has 0 amide bonds. The maximum absolute atomic E-state index is 6.00. The second-order valence-corrected chi connectivity index (χ2v) is 6.14. The van der Waals surface area contributed by atoms with Gasteiger partial charge >= 0.3 is 0 Å². The molecule has 1 aromatic carbocycles. The van der Waals surface area contributed by atoms with Gasteiger partial charge in [0.25, 0.3) is 0 Å². The molecule has 2 aromatic rings. The molecule has 2 rings (SSSR count). The highest BCUT2D eigenvalue weighted by Gasteiger charge is 2.11. The molecule has 6 heteroatoms. The third-order valence-corrected chi connectivity index (χ3v) is 4.06. The summed E-state index contributed by atoms with van der Waals surface area (Å²) in [6.07, 6.45) is 1.63. The Morgan fingerprint density at radius 3 is 2.81 bits per heavy atom. The van der Waals surface area contributed by atoms with E-state index < -0.39 is 0 Å². The standard InChI is InChI=1S/C15H19BrClN3O/c1-4-18-7-11-6-12(16)5-10(2)15(11)21-9-14-19-8-13(17)20(14)3/h5-6,8,18H,4,7,9H2,1-3H3. The summed E-state index contributed by atoms with van der Waals surface area (Å²) in [6.45, 7) is 6.21. The summed E-state index contributed by atoms with van der Waals surface area (Å²) >= 11 is 9.52. The number of halogens is 2. The van der Waals surface area contributed by atoms with Gasteiger partial charge in [0.05, 0.1) is 6.20 Å². The molecule has 0 aliphatic rings. The third kappa shape index (κ3) is 3.99. The van der Waals surface area contributed by atoms with Crippen molar-refractivity contribution in [2.24, 2.45) is 7.05 Å². The minimum atomic E-state index is 0.394. The van der Waals surface area contributed by atoms with Crippen molar-refractivity contribution in [3.8, 4) is 5.75 Å². The Hall–Kier alpha value is -1.04. The van der Waals surface area contributed by atoms with Crippen LogP contribution >= 0.6 is 27.5 Å². The van der Waals surface area contributed by atoms with Gasteiger partial charge in [-0.05, 0) is 31.2 Å². The van der Waals surface area contributed by atoms with E-state index in [0.717, 1.165) is 40.3 Å². The van der Waals surface area contributed by atoms with Crippen molar-refractivity contribution in [3.05, 3.63) is 44.9 Å². The van der Waals surface area contributed by atoms with Crippen LogP contribution in [0.3, 0.4) is 0 Å². The summed E-state index contributed by atoms with van der Waals surface area (Å²) in [5.41, 5.74) is 2.22. The van der Waals surface area contributed by atoms with Gasteiger partial charge in [0, 0.05) is 23.6 Å². The first-order valence-electron chi connectivity index (χ1n) is 6.81. The average molecular weight is 373 g/mol. The highest BCUT2D eigenvalue weighted by molar-refractivity contribution is 9.10. The molecule has 4 nitrogen and oxygen atoms in total. The number of ether oxygens (including phenoxy) is 1. The number of hydrogen-bond donors (Lipinski definition) is 1. The lowest BCUT2D eigenvalue weighted by atomic mass is 10.1. The molecule has 0 aliphatic heterocycles. The van der Waals surface area contributed by atoms with E-state index in [1.165, 1.54) is 0 Å². The molecule has 1 heterocycles. The maximum atomic E-state index is 6.00. The molecule has 0 unspecified atom stereocenters. The van der Waals surface area contributed by atoms with Crippen LogP contribution in [0.5, 0.6) is 5.75 Å². The van der Waals surface area contributed by atoms with Gasteiger partial charge in [-0.2, -0.15) is 0 Å². The van der Waals surface area contributed by atoms with Gasteiger partial charge in [-0.25, -0.2) is 4.98 Å². The first kappa shape index (κ1) is 16.3. The van der Waals surface area contributed by atoms with Gasteiger partial charge in [-0.3, -0.25) is 0 Å². The van der Waals surface area contributed by atoms with Crippen LogP contribution in [0.1, 0.15) is 23.9 Å². The molecule has 0 radical (unpaired) electrons. The molecule has 0 fully saturated rings. The monoisotopic (exact) mass is 371 g/mol. The Morgan fingerprint density at radius 1 is 1.43 bits per heavy atom.